The van der Waals surface area contributed by atoms with Gasteiger partial charge in [0.25, 0.3) is 5.91 Å². The minimum Gasteiger partial charge on any atom is -0.361 e. The molecule has 6 heteroatoms. The molecule has 2 N–H and O–H groups in total. The van der Waals surface area contributed by atoms with Crippen molar-refractivity contribution in [3.8, 4) is 0 Å². The Morgan fingerprint density at radius 2 is 1.88 bits per heavy atom. The number of pyridine rings is 1. The van der Waals surface area contributed by atoms with Crippen molar-refractivity contribution < 1.29 is 4.79 Å². The smallest absolute Gasteiger partial charge is 0.255 e. The normalized spacial score (nSPS) is 16.5. The molecule has 1 aliphatic heterocycles. The molecule has 0 saturated carbocycles. The maximum atomic E-state index is 12.3. The van der Waals surface area contributed by atoms with Crippen LogP contribution < -0.4 is 10.6 Å². The van der Waals surface area contributed by atoms with Gasteiger partial charge in [-0.1, -0.05) is 35.3 Å². The molecule has 0 aliphatic carbocycles. The molecule has 0 spiro atoms. The summed E-state index contributed by atoms with van der Waals surface area (Å²) in [6, 6.07) is 13.0. The maximum Gasteiger partial charge on any atom is 0.255 e. The molecule has 4 rings (SSSR count). The number of nitrogens with zero attached hydrogens (tertiary/aromatic N) is 1. The molecule has 4 nitrogen and oxygen atoms in total. The zero-order valence-electron chi connectivity index (χ0n) is 12.7. The quantitative estimate of drug-likeness (QED) is 0.620. The van der Waals surface area contributed by atoms with Crippen LogP contribution in [0, 0.1) is 6.92 Å². The number of para-hydroxylation sites is 1. The van der Waals surface area contributed by atoms with Crippen LogP contribution in [-0.2, 0) is 0 Å². The lowest BCUT2D eigenvalue weighted by molar-refractivity contribution is 0.0935. The summed E-state index contributed by atoms with van der Waals surface area (Å²) in [6.07, 6.45) is -0.437. The molecule has 2 heterocycles. The second-order valence-electron chi connectivity index (χ2n) is 5.76. The van der Waals surface area contributed by atoms with E-state index < -0.39 is 6.17 Å². The van der Waals surface area contributed by atoms with Gasteiger partial charge in [-0.15, -0.1) is 0 Å². The van der Waals surface area contributed by atoms with Crippen LogP contribution in [0.4, 0.5) is 5.69 Å². The zero-order chi connectivity index (χ0) is 16.8. The predicted octanol–water partition coefficient (Wildman–Crippen LogP) is 4.70. The Balaban J connectivity index is 1.81. The van der Waals surface area contributed by atoms with E-state index in [1.807, 2.05) is 37.3 Å². The second kappa shape index (κ2) is 5.65. The largest absolute Gasteiger partial charge is 0.361 e. The third-order valence-electron chi connectivity index (χ3n) is 4.13. The van der Waals surface area contributed by atoms with Crippen LogP contribution in [0.25, 0.3) is 10.9 Å². The van der Waals surface area contributed by atoms with E-state index in [0.717, 1.165) is 22.2 Å². The van der Waals surface area contributed by atoms with Gasteiger partial charge in [-0.05, 0) is 42.8 Å². The molecule has 2 aromatic carbocycles. The van der Waals surface area contributed by atoms with Gasteiger partial charge >= 0.3 is 0 Å². The van der Waals surface area contributed by atoms with E-state index in [1.54, 1.807) is 12.1 Å². The number of benzene rings is 2. The fourth-order valence-electron chi connectivity index (χ4n) is 2.87. The van der Waals surface area contributed by atoms with Crippen LogP contribution in [0.15, 0.2) is 42.5 Å². The Morgan fingerprint density at radius 3 is 2.71 bits per heavy atom. The molecule has 1 amide bonds. The number of anilines is 1. The Kier molecular flexibility index (Phi) is 3.59. The van der Waals surface area contributed by atoms with Crippen molar-refractivity contribution in [2.75, 3.05) is 5.32 Å². The highest BCUT2D eigenvalue weighted by Gasteiger charge is 2.26. The summed E-state index contributed by atoms with van der Waals surface area (Å²) in [5.41, 5.74) is 3.79. The molecule has 0 bridgehead atoms. The minimum absolute atomic E-state index is 0.141. The first kappa shape index (κ1) is 15.2. The molecule has 1 atom stereocenters. The van der Waals surface area contributed by atoms with E-state index in [2.05, 4.69) is 15.6 Å². The van der Waals surface area contributed by atoms with Crippen molar-refractivity contribution in [2.45, 2.75) is 13.1 Å². The fraction of sp³-hybridized carbons (Fsp3) is 0.111. The topological polar surface area (TPSA) is 54.0 Å². The van der Waals surface area contributed by atoms with Crippen LogP contribution >= 0.6 is 23.2 Å². The molecule has 0 radical (unpaired) electrons. The minimum atomic E-state index is -0.437. The molecular formula is C18H13Cl2N3O. The van der Waals surface area contributed by atoms with Crippen LogP contribution in [0.2, 0.25) is 10.2 Å². The van der Waals surface area contributed by atoms with Gasteiger partial charge in [-0.25, -0.2) is 4.98 Å². The van der Waals surface area contributed by atoms with Crippen molar-refractivity contribution in [1.82, 2.24) is 10.3 Å². The van der Waals surface area contributed by atoms with E-state index in [0.29, 0.717) is 21.3 Å². The van der Waals surface area contributed by atoms with E-state index >= 15 is 0 Å². The molecule has 1 aromatic heterocycles. The van der Waals surface area contributed by atoms with Crippen molar-refractivity contribution in [1.29, 1.82) is 0 Å². The van der Waals surface area contributed by atoms with Crippen molar-refractivity contribution in [2.24, 2.45) is 0 Å². The molecule has 0 unspecified atom stereocenters. The van der Waals surface area contributed by atoms with Gasteiger partial charge in [0.1, 0.15) is 11.3 Å². The molecule has 120 valence electrons. The lowest BCUT2D eigenvalue weighted by Crippen LogP contribution is -2.38. The van der Waals surface area contributed by atoms with Crippen molar-refractivity contribution in [3.05, 3.63) is 69.3 Å². The van der Waals surface area contributed by atoms with Gasteiger partial charge < -0.3 is 10.6 Å². The molecular weight excluding hydrogens is 345 g/mol. The number of rotatable bonds is 1. The predicted molar refractivity (Wildman–Crippen MR) is 96.8 cm³/mol. The number of hydrogen-bond donors (Lipinski definition) is 2. The summed E-state index contributed by atoms with van der Waals surface area (Å²) in [7, 11) is 0. The van der Waals surface area contributed by atoms with E-state index in [-0.39, 0.29) is 5.91 Å². The van der Waals surface area contributed by atoms with Gasteiger partial charge in [-0.2, -0.15) is 0 Å². The zero-order valence-corrected chi connectivity index (χ0v) is 14.2. The number of fused-ring (bicyclic) bond motifs is 2. The maximum absolute atomic E-state index is 12.3. The summed E-state index contributed by atoms with van der Waals surface area (Å²) in [5, 5.41) is 8.12. The molecule has 0 fully saturated rings. The number of aryl methyl sites for hydroxylation is 1. The Hall–Kier alpha value is -2.30. The van der Waals surface area contributed by atoms with Gasteiger partial charge in [-0.3, -0.25) is 4.79 Å². The lowest BCUT2D eigenvalue weighted by Gasteiger charge is -2.28. The standard InChI is InChI=1S/C18H13Cl2N3O/c1-9-6-10-7-12(16(20)21-15(10)8-13(9)19)17-22-14-5-3-2-4-11(14)18(24)23-17/h2-8,17,22H,1H3,(H,23,24)/t17-/m1/s1. The summed E-state index contributed by atoms with van der Waals surface area (Å²) in [6.45, 7) is 1.94. The highest BCUT2D eigenvalue weighted by Crippen LogP contribution is 2.32. The van der Waals surface area contributed by atoms with Gasteiger partial charge in [0.2, 0.25) is 0 Å². The highest BCUT2D eigenvalue weighted by molar-refractivity contribution is 6.32. The first-order chi connectivity index (χ1) is 11.5. The monoisotopic (exact) mass is 357 g/mol. The highest BCUT2D eigenvalue weighted by atomic mass is 35.5. The molecule has 3 aromatic rings. The SMILES string of the molecule is Cc1cc2cc([C@H]3NC(=O)c4ccccc4N3)c(Cl)nc2cc1Cl. The third-order valence-corrected chi connectivity index (χ3v) is 4.84. The number of carbonyl (C=O) groups excluding carboxylic acids is 1. The van der Waals surface area contributed by atoms with Crippen LogP contribution in [-0.4, -0.2) is 10.9 Å². The second-order valence-corrected chi connectivity index (χ2v) is 6.52. The molecule has 1 aliphatic rings. The van der Waals surface area contributed by atoms with Crippen LogP contribution in [0.1, 0.15) is 27.7 Å². The first-order valence-corrected chi connectivity index (χ1v) is 8.21. The van der Waals surface area contributed by atoms with E-state index in [1.165, 1.54) is 0 Å². The number of hydrogen-bond acceptors (Lipinski definition) is 3. The Morgan fingerprint density at radius 1 is 1.08 bits per heavy atom. The van der Waals surface area contributed by atoms with Crippen molar-refractivity contribution >= 4 is 45.7 Å². The molecule has 0 saturated heterocycles. The summed E-state index contributed by atoms with van der Waals surface area (Å²) >= 11 is 12.5. The van der Waals surface area contributed by atoms with Gasteiger partial charge in [0.15, 0.2) is 0 Å². The number of aromatic nitrogens is 1. The lowest BCUT2D eigenvalue weighted by atomic mass is 10.0. The number of amides is 1. The summed E-state index contributed by atoms with van der Waals surface area (Å²) < 4.78 is 0. The molecule has 24 heavy (non-hydrogen) atoms. The summed E-state index contributed by atoms with van der Waals surface area (Å²) in [4.78, 5) is 16.7. The van der Waals surface area contributed by atoms with Gasteiger partial charge in [0.05, 0.1) is 11.1 Å². The van der Waals surface area contributed by atoms with Crippen LogP contribution in [0.3, 0.4) is 0 Å². The first-order valence-electron chi connectivity index (χ1n) is 7.45. The van der Waals surface area contributed by atoms with Gasteiger partial charge in [0, 0.05) is 21.7 Å². The van der Waals surface area contributed by atoms with Crippen LogP contribution in [0.5, 0.6) is 0 Å². The average Bonchev–Trinajstić information content (AvgIpc) is 2.56. The Labute approximate surface area is 148 Å². The average molecular weight is 358 g/mol. The Bertz CT molecular complexity index is 987. The van der Waals surface area contributed by atoms with E-state index in [9.17, 15) is 4.79 Å². The van der Waals surface area contributed by atoms with E-state index in [4.69, 9.17) is 23.2 Å². The number of halogens is 2. The summed E-state index contributed by atoms with van der Waals surface area (Å²) in [5.74, 6) is -0.141. The number of nitrogens with one attached hydrogen (secondary N) is 2. The van der Waals surface area contributed by atoms with Crippen molar-refractivity contribution in [3.63, 3.8) is 0 Å². The number of carbonyl (C=O) groups is 1. The third kappa shape index (κ3) is 2.48. The fourth-order valence-corrected chi connectivity index (χ4v) is 3.28.